The molecule has 0 aliphatic rings. The van der Waals surface area contributed by atoms with Crippen LogP contribution in [0.3, 0.4) is 0 Å². The fraction of sp³-hybridized carbons (Fsp3) is 0. The van der Waals surface area contributed by atoms with E-state index in [-0.39, 0.29) is 0 Å². The number of hydrogen-bond acceptors (Lipinski definition) is 2. The Morgan fingerprint density at radius 2 is 0.926 bits per heavy atom. The van der Waals surface area contributed by atoms with Crippen molar-refractivity contribution in [2.45, 2.75) is 0 Å². The van der Waals surface area contributed by atoms with Gasteiger partial charge in [-0.05, 0) is 90.8 Å². The third kappa shape index (κ3) is 4.81. The summed E-state index contributed by atoms with van der Waals surface area (Å²) >= 11 is 0. The van der Waals surface area contributed by atoms with Gasteiger partial charge in [0.1, 0.15) is 11.2 Å². The molecule has 0 aliphatic carbocycles. The summed E-state index contributed by atoms with van der Waals surface area (Å²) in [6, 6.07) is 72.1. The number of furan rings is 1. The number of rotatable bonds is 5. The van der Waals surface area contributed by atoms with E-state index in [1.165, 1.54) is 59.8 Å². The summed E-state index contributed by atoms with van der Waals surface area (Å²) in [7, 11) is 0. The third-order valence-electron chi connectivity index (χ3n) is 11.0. The standard InChI is InChI=1S/C52H33NO/c1-2-13-34(14-3-1)35-25-27-39(28-26-35)53(49-32-38-17-5-8-20-42(38)44-22-10-11-23-45(44)49)40-29-30-46-48-31-37-16-6-9-21-43(37)51(52(48)54-50(46)33-40)47-24-12-18-36-15-4-7-19-41(36)47/h1-33H. The summed E-state index contributed by atoms with van der Waals surface area (Å²) < 4.78 is 7.07. The van der Waals surface area contributed by atoms with Crippen molar-refractivity contribution in [2.75, 3.05) is 4.90 Å². The first-order chi connectivity index (χ1) is 26.8. The van der Waals surface area contributed by atoms with Crippen LogP contribution >= 0.6 is 0 Å². The first-order valence-electron chi connectivity index (χ1n) is 18.5. The lowest BCUT2D eigenvalue weighted by atomic mass is 9.92. The lowest BCUT2D eigenvalue weighted by Gasteiger charge is -2.27. The van der Waals surface area contributed by atoms with E-state index in [0.717, 1.165) is 44.6 Å². The van der Waals surface area contributed by atoms with E-state index in [2.05, 4.69) is 205 Å². The van der Waals surface area contributed by atoms with Crippen LogP contribution in [0.15, 0.2) is 205 Å². The molecule has 11 aromatic rings. The molecule has 0 unspecified atom stereocenters. The van der Waals surface area contributed by atoms with E-state index < -0.39 is 0 Å². The van der Waals surface area contributed by atoms with Crippen molar-refractivity contribution in [3.05, 3.63) is 200 Å². The number of hydrogen-bond donors (Lipinski definition) is 0. The summed E-state index contributed by atoms with van der Waals surface area (Å²) in [4.78, 5) is 2.39. The van der Waals surface area contributed by atoms with Gasteiger partial charge in [-0.2, -0.15) is 0 Å². The fourth-order valence-electron chi connectivity index (χ4n) is 8.49. The van der Waals surface area contributed by atoms with Gasteiger partial charge in [-0.1, -0.05) is 158 Å². The first-order valence-corrected chi connectivity index (χ1v) is 18.5. The predicted molar refractivity (Wildman–Crippen MR) is 229 cm³/mol. The van der Waals surface area contributed by atoms with Gasteiger partial charge >= 0.3 is 0 Å². The Labute approximate surface area is 312 Å². The molecule has 0 amide bonds. The van der Waals surface area contributed by atoms with E-state index in [4.69, 9.17) is 4.42 Å². The van der Waals surface area contributed by atoms with Crippen molar-refractivity contribution in [1.82, 2.24) is 0 Å². The van der Waals surface area contributed by atoms with E-state index >= 15 is 0 Å². The zero-order chi connectivity index (χ0) is 35.6. The zero-order valence-electron chi connectivity index (χ0n) is 29.4. The first kappa shape index (κ1) is 30.5. The fourth-order valence-corrected chi connectivity index (χ4v) is 8.49. The van der Waals surface area contributed by atoms with Gasteiger partial charge in [-0.15, -0.1) is 0 Å². The molecule has 1 aromatic heterocycles. The largest absolute Gasteiger partial charge is 0.455 e. The summed E-state index contributed by atoms with van der Waals surface area (Å²) in [6.45, 7) is 0. The van der Waals surface area contributed by atoms with Crippen LogP contribution in [0.5, 0.6) is 0 Å². The van der Waals surface area contributed by atoms with Gasteiger partial charge in [-0.3, -0.25) is 0 Å². The quantitative estimate of drug-likeness (QED) is 0.168. The minimum absolute atomic E-state index is 0.857. The van der Waals surface area contributed by atoms with Gasteiger partial charge in [-0.25, -0.2) is 0 Å². The number of nitrogens with zero attached hydrogens (tertiary/aromatic N) is 1. The molecular formula is C52H33NO. The summed E-state index contributed by atoms with van der Waals surface area (Å²) in [5.41, 5.74) is 9.69. The maximum absolute atomic E-state index is 7.07. The highest BCUT2D eigenvalue weighted by Gasteiger charge is 2.22. The molecule has 11 rings (SSSR count). The molecule has 10 aromatic carbocycles. The van der Waals surface area contributed by atoms with Crippen LogP contribution in [0.25, 0.3) is 87.3 Å². The molecule has 0 saturated carbocycles. The molecule has 0 fully saturated rings. The minimum atomic E-state index is 0.857. The Morgan fingerprint density at radius 1 is 0.333 bits per heavy atom. The van der Waals surface area contributed by atoms with Gasteiger partial charge in [0.15, 0.2) is 0 Å². The summed E-state index contributed by atoms with van der Waals surface area (Å²) in [5, 5.41) is 11.9. The monoisotopic (exact) mass is 687 g/mol. The second-order valence-electron chi connectivity index (χ2n) is 14.1. The van der Waals surface area contributed by atoms with Crippen molar-refractivity contribution in [3.63, 3.8) is 0 Å². The highest BCUT2D eigenvalue weighted by molar-refractivity contribution is 6.21. The summed E-state index contributed by atoms with van der Waals surface area (Å²) in [5.74, 6) is 0. The smallest absolute Gasteiger partial charge is 0.143 e. The zero-order valence-corrected chi connectivity index (χ0v) is 29.4. The summed E-state index contributed by atoms with van der Waals surface area (Å²) in [6.07, 6.45) is 0. The van der Waals surface area contributed by atoms with E-state index in [1.807, 2.05) is 0 Å². The molecule has 0 spiro atoms. The van der Waals surface area contributed by atoms with Crippen molar-refractivity contribution < 1.29 is 4.42 Å². The Balaban J connectivity index is 1.17. The lowest BCUT2D eigenvalue weighted by molar-refractivity contribution is 0.670. The molecule has 0 radical (unpaired) electrons. The molecule has 252 valence electrons. The maximum Gasteiger partial charge on any atom is 0.143 e. The topological polar surface area (TPSA) is 16.4 Å². The Kier molecular flexibility index (Phi) is 6.90. The van der Waals surface area contributed by atoms with Crippen LogP contribution in [0.1, 0.15) is 0 Å². The average Bonchev–Trinajstić information content (AvgIpc) is 3.60. The molecule has 0 saturated heterocycles. The maximum atomic E-state index is 7.07. The lowest BCUT2D eigenvalue weighted by Crippen LogP contribution is -2.10. The van der Waals surface area contributed by atoms with Gasteiger partial charge in [0.05, 0.1) is 5.69 Å². The van der Waals surface area contributed by atoms with Gasteiger partial charge in [0.25, 0.3) is 0 Å². The highest BCUT2D eigenvalue weighted by atomic mass is 16.3. The normalized spacial score (nSPS) is 11.7. The molecular weight excluding hydrogens is 655 g/mol. The SMILES string of the molecule is c1ccc(-c2ccc(N(c3ccc4c(c3)oc3c(-c5cccc6ccccc56)c5ccccc5cc34)c3cc4ccccc4c4ccccc34)cc2)cc1. The van der Waals surface area contributed by atoms with Gasteiger partial charge in [0, 0.05) is 39.2 Å². The predicted octanol–water partition coefficient (Wildman–Crippen LogP) is 15.0. The molecule has 0 atom stereocenters. The molecule has 1 heterocycles. The van der Waals surface area contributed by atoms with E-state index in [0.29, 0.717) is 0 Å². The van der Waals surface area contributed by atoms with Crippen LogP contribution in [0, 0.1) is 0 Å². The van der Waals surface area contributed by atoms with E-state index in [9.17, 15) is 0 Å². The molecule has 2 heteroatoms. The van der Waals surface area contributed by atoms with Crippen LogP contribution in [0.2, 0.25) is 0 Å². The highest BCUT2D eigenvalue weighted by Crippen LogP contribution is 2.46. The van der Waals surface area contributed by atoms with Crippen LogP contribution in [-0.4, -0.2) is 0 Å². The number of fused-ring (bicyclic) bond motifs is 8. The van der Waals surface area contributed by atoms with Crippen molar-refractivity contribution in [2.24, 2.45) is 0 Å². The molecule has 2 nitrogen and oxygen atoms in total. The van der Waals surface area contributed by atoms with Crippen molar-refractivity contribution >= 4 is 82.1 Å². The molecule has 0 aliphatic heterocycles. The Morgan fingerprint density at radius 3 is 1.72 bits per heavy atom. The van der Waals surface area contributed by atoms with Crippen LogP contribution in [-0.2, 0) is 0 Å². The van der Waals surface area contributed by atoms with E-state index in [1.54, 1.807) is 0 Å². The number of benzene rings is 10. The average molecular weight is 688 g/mol. The van der Waals surface area contributed by atoms with Gasteiger partial charge in [0.2, 0.25) is 0 Å². The molecule has 0 N–H and O–H groups in total. The third-order valence-corrected chi connectivity index (χ3v) is 11.0. The van der Waals surface area contributed by atoms with Gasteiger partial charge < -0.3 is 9.32 Å². The molecule has 0 bridgehead atoms. The Hall–Kier alpha value is -7.16. The van der Waals surface area contributed by atoms with Crippen LogP contribution < -0.4 is 4.90 Å². The molecule has 54 heavy (non-hydrogen) atoms. The Bertz CT molecular complexity index is 3210. The minimum Gasteiger partial charge on any atom is -0.455 e. The second kappa shape index (κ2) is 12.2. The van der Waals surface area contributed by atoms with Crippen molar-refractivity contribution in [3.8, 4) is 22.3 Å². The van der Waals surface area contributed by atoms with Crippen LogP contribution in [0.4, 0.5) is 17.1 Å². The second-order valence-corrected chi connectivity index (χ2v) is 14.1. The number of anilines is 3. The van der Waals surface area contributed by atoms with Crippen molar-refractivity contribution in [1.29, 1.82) is 0 Å².